The molecule has 0 rings (SSSR count). The summed E-state index contributed by atoms with van der Waals surface area (Å²) in [5.41, 5.74) is -0.153. The summed E-state index contributed by atoms with van der Waals surface area (Å²) in [5, 5.41) is 8.15. The van der Waals surface area contributed by atoms with Crippen LogP contribution in [0.5, 0.6) is 0 Å². The number of aldehydes is 1. The highest BCUT2D eigenvalue weighted by Crippen LogP contribution is 2.08. The molecule has 12 heavy (non-hydrogen) atoms. The van der Waals surface area contributed by atoms with E-state index < -0.39 is 0 Å². The minimum Gasteiger partial charge on any atom is -0.303 e. The number of nitriles is 1. The van der Waals surface area contributed by atoms with Crippen LogP contribution in [0, 0.1) is 22.7 Å². The van der Waals surface area contributed by atoms with Crippen LogP contribution in [0.3, 0.4) is 0 Å². The first-order valence-electron chi connectivity index (χ1n) is 3.70. The highest BCUT2D eigenvalue weighted by atomic mass is 16.1. The van der Waals surface area contributed by atoms with Crippen LogP contribution in [0.1, 0.15) is 42.0 Å². The quantitative estimate of drug-likeness (QED) is 0.569. The van der Waals surface area contributed by atoms with E-state index in [-0.39, 0.29) is 18.8 Å². The lowest BCUT2D eigenvalue weighted by Crippen LogP contribution is -1.97. The van der Waals surface area contributed by atoms with Gasteiger partial charge in [-0.2, -0.15) is 5.26 Å². The van der Waals surface area contributed by atoms with E-state index in [4.69, 9.17) is 5.26 Å². The Kier molecular flexibility index (Phi) is 11.9. The summed E-state index contributed by atoms with van der Waals surface area (Å²) in [6.07, 6.45) is 0.917. The molecular formula is C10H21NO. The van der Waals surface area contributed by atoms with Crippen molar-refractivity contribution in [3.8, 4) is 6.07 Å². The van der Waals surface area contributed by atoms with Crippen molar-refractivity contribution in [1.29, 1.82) is 5.26 Å². The fourth-order valence-electron chi connectivity index (χ4n) is 0. The number of carbonyl (C=O) groups excluding carboxylic acids is 1. The third kappa shape index (κ3) is 35.2. The molecule has 0 atom stereocenters. The minimum atomic E-state index is -0.153. The Morgan fingerprint density at radius 2 is 1.50 bits per heavy atom. The van der Waals surface area contributed by atoms with Crippen molar-refractivity contribution in [2.45, 2.75) is 42.0 Å². The average molecular weight is 171 g/mol. The lowest BCUT2D eigenvalue weighted by Gasteiger charge is -2.01. The van der Waals surface area contributed by atoms with E-state index in [0.29, 0.717) is 0 Å². The summed E-state index contributed by atoms with van der Waals surface area (Å²) in [6, 6.07) is 2.10. The Labute approximate surface area is 76.6 Å². The van der Waals surface area contributed by atoms with Crippen LogP contribution in [-0.4, -0.2) is 6.29 Å². The van der Waals surface area contributed by atoms with E-state index in [1.807, 2.05) is 34.6 Å². The Balaban J connectivity index is -0.000000126. The van der Waals surface area contributed by atoms with E-state index in [2.05, 4.69) is 6.07 Å². The molecule has 0 N–H and O–H groups in total. The molecule has 0 radical (unpaired) electrons. The van der Waals surface area contributed by atoms with E-state index in [1.54, 1.807) is 0 Å². The van der Waals surface area contributed by atoms with Gasteiger partial charge < -0.3 is 4.79 Å². The van der Waals surface area contributed by atoms with Crippen LogP contribution in [0.2, 0.25) is 0 Å². The lowest BCUT2D eigenvalue weighted by molar-refractivity contribution is -0.110. The molecule has 0 aliphatic rings. The monoisotopic (exact) mass is 171 g/mol. The largest absolute Gasteiger partial charge is 0.303 e. The van der Waals surface area contributed by atoms with E-state index in [0.717, 1.165) is 6.29 Å². The summed E-state index contributed by atoms with van der Waals surface area (Å²) in [5.74, 6) is 0.204. The fraction of sp³-hybridized carbons (Fsp3) is 0.800. The molecule has 0 aliphatic carbocycles. The van der Waals surface area contributed by atoms with E-state index in [1.165, 1.54) is 0 Å². The minimum absolute atomic E-state index is 0. The van der Waals surface area contributed by atoms with Gasteiger partial charge in [-0.1, -0.05) is 21.3 Å². The summed E-state index contributed by atoms with van der Waals surface area (Å²) in [7, 11) is 0. The summed E-state index contributed by atoms with van der Waals surface area (Å²) < 4.78 is 0. The molecule has 0 spiro atoms. The second kappa shape index (κ2) is 8.26. The highest BCUT2D eigenvalue weighted by molar-refractivity contribution is 5.51. The van der Waals surface area contributed by atoms with Gasteiger partial charge in [-0.25, -0.2) is 0 Å². The van der Waals surface area contributed by atoms with Crippen LogP contribution in [0.25, 0.3) is 0 Å². The smallest absolute Gasteiger partial charge is 0.122 e. The third-order valence-corrected chi connectivity index (χ3v) is 0.608. The fourth-order valence-corrected chi connectivity index (χ4v) is 0. The molecule has 0 saturated carbocycles. The van der Waals surface area contributed by atoms with Gasteiger partial charge in [-0.3, -0.25) is 0 Å². The SMILES string of the molecule is C.CC(C)(C)C#N.CC(C)C=O. The van der Waals surface area contributed by atoms with Crippen LogP contribution in [0.4, 0.5) is 0 Å². The molecule has 0 fully saturated rings. The Morgan fingerprint density at radius 3 is 1.50 bits per heavy atom. The molecule has 72 valence electrons. The molecule has 0 unspecified atom stereocenters. The predicted molar refractivity (Wildman–Crippen MR) is 52.7 cm³/mol. The van der Waals surface area contributed by atoms with Crippen molar-refractivity contribution in [2.75, 3.05) is 0 Å². The zero-order chi connectivity index (χ0) is 9.49. The molecule has 2 nitrogen and oxygen atoms in total. The van der Waals surface area contributed by atoms with Crippen LogP contribution in [0.15, 0.2) is 0 Å². The van der Waals surface area contributed by atoms with Gasteiger partial charge in [0.05, 0.1) is 6.07 Å². The second-order valence-corrected chi connectivity index (χ2v) is 3.74. The van der Waals surface area contributed by atoms with Gasteiger partial charge in [0, 0.05) is 11.3 Å². The first kappa shape index (κ1) is 17.3. The molecule has 0 bridgehead atoms. The first-order chi connectivity index (χ1) is 4.83. The van der Waals surface area contributed by atoms with Gasteiger partial charge in [0.2, 0.25) is 0 Å². The van der Waals surface area contributed by atoms with Crippen molar-refractivity contribution in [3.05, 3.63) is 0 Å². The molecule has 0 aromatic rings. The van der Waals surface area contributed by atoms with Gasteiger partial charge >= 0.3 is 0 Å². The molecule has 0 aromatic heterocycles. The Bertz CT molecular complexity index is 137. The van der Waals surface area contributed by atoms with Gasteiger partial charge in [-0.15, -0.1) is 0 Å². The molecule has 0 saturated heterocycles. The maximum atomic E-state index is 9.50. The number of carbonyl (C=O) groups is 1. The van der Waals surface area contributed by atoms with Crippen molar-refractivity contribution >= 4 is 6.29 Å². The molecule has 0 aliphatic heterocycles. The molecular weight excluding hydrogens is 150 g/mol. The Hall–Kier alpha value is -0.840. The van der Waals surface area contributed by atoms with E-state index >= 15 is 0 Å². The van der Waals surface area contributed by atoms with Crippen LogP contribution >= 0.6 is 0 Å². The Morgan fingerprint density at radius 1 is 1.33 bits per heavy atom. The van der Waals surface area contributed by atoms with Gasteiger partial charge in [-0.05, 0) is 20.8 Å². The molecule has 0 amide bonds. The number of hydrogen-bond donors (Lipinski definition) is 0. The van der Waals surface area contributed by atoms with E-state index in [9.17, 15) is 4.79 Å². The van der Waals surface area contributed by atoms with Gasteiger partial charge in [0.25, 0.3) is 0 Å². The standard InChI is InChI=1S/C5H9N.C4H8O.CH4/c1-5(2,3)4-6;1-4(2)3-5;/h1-3H3;3-4H,1-2H3;1H4. The third-order valence-electron chi connectivity index (χ3n) is 0.608. The zero-order valence-corrected chi connectivity index (χ0v) is 8.01. The van der Waals surface area contributed by atoms with Crippen molar-refractivity contribution < 1.29 is 4.79 Å². The summed E-state index contributed by atoms with van der Waals surface area (Å²) in [4.78, 5) is 9.50. The van der Waals surface area contributed by atoms with Crippen molar-refractivity contribution in [2.24, 2.45) is 11.3 Å². The highest BCUT2D eigenvalue weighted by Gasteiger charge is 2.04. The topological polar surface area (TPSA) is 40.9 Å². The average Bonchev–Trinajstić information content (AvgIpc) is 1.88. The van der Waals surface area contributed by atoms with Gasteiger partial charge in [0.1, 0.15) is 6.29 Å². The maximum absolute atomic E-state index is 9.50. The van der Waals surface area contributed by atoms with Gasteiger partial charge in [0.15, 0.2) is 0 Å². The molecule has 0 aromatic carbocycles. The maximum Gasteiger partial charge on any atom is 0.122 e. The summed E-state index contributed by atoms with van der Waals surface area (Å²) in [6.45, 7) is 9.35. The van der Waals surface area contributed by atoms with Crippen LogP contribution < -0.4 is 0 Å². The number of hydrogen-bond acceptors (Lipinski definition) is 2. The number of nitrogens with zero attached hydrogens (tertiary/aromatic N) is 1. The first-order valence-corrected chi connectivity index (χ1v) is 3.70. The number of rotatable bonds is 1. The molecule has 0 heterocycles. The van der Waals surface area contributed by atoms with Crippen molar-refractivity contribution in [3.63, 3.8) is 0 Å². The predicted octanol–water partition coefficient (Wildman–Crippen LogP) is 3.03. The van der Waals surface area contributed by atoms with Crippen molar-refractivity contribution in [1.82, 2.24) is 0 Å². The normalized spacial score (nSPS) is 8.75. The molecule has 2 heteroatoms. The lowest BCUT2D eigenvalue weighted by atomic mass is 10.0. The second-order valence-electron chi connectivity index (χ2n) is 3.74. The van der Waals surface area contributed by atoms with Crippen LogP contribution in [-0.2, 0) is 4.79 Å². The zero-order valence-electron chi connectivity index (χ0n) is 8.01. The summed E-state index contributed by atoms with van der Waals surface area (Å²) >= 11 is 0.